The maximum atomic E-state index is 13.5. The van der Waals surface area contributed by atoms with Gasteiger partial charge in [-0.1, -0.05) is 42.5 Å². The van der Waals surface area contributed by atoms with Gasteiger partial charge in [0.05, 0.1) is 22.7 Å². The van der Waals surface area contributed by atoms with Crippen molar-refractivity contribution in [1.29, 1.82) is 5.26 Å². The molecule has 0 aliphatic heterocycles. The normalized spacial score (nSPS) is 15.6. The van der Waals surface area contributed by atoms with Crippen LogP contribution in [0.15, 0.2) is 59.4 Å². The molecule has 5 aromatic rings. The summed E-state index contributed by atoms with van der Waals surface area (Å²) in [6, 6.07) is 20.0. The first-order chi connectivity index (χ1) is 14.7. The van der Waals surface area contributed by atoms with Crippen molar-refractivity contribution in [2.45, 2.75) is 6.42 Å². The molecule has 0 radical (unpaired) electrons. The van der Waals surface area contributed by atoms with Gasteiger partial charge in [0.25, 0.3) is 5.56 Å². The molecule has 0 saturated carbocycles. The van der Waals surface area contributed by atoms with Gasteiger partial charge in [-0.05, 0) is 41.8 Å². The van der Waals surface area contributed by atoms with Gasteiger partial charge in [0, 0.05) is 27.2 Å². The molecule has 2 aromatic heterocycles. The lowest BCUT2D eigenvalue weighted by Crippen LogP contribution is -2.35. The highest BCUT2D eigenvalue weighted by Crippen LogP contribution is 2.38. The minimum atomic E-state index is -0.251. The van der Waals surface area contributed by atoms with Crippen LogP contribution in [0.1, 0.15) is 6.42 Å². The SMILES string of the molecule is N#CC1C=c2c(nc3c4ccc(N)c5c(-c6ccccc6)ccc(c(=O)n23)c54)=CC1. The van der Waals surface area contributed by atoms with E-state index in [0.717, 1.165) is 32.6 Å². The van der Waals surface area contributed by atoms with E-state index in [-0.39, 0.29) is 11.5 Å². The Labute approximate surface area is 171 Å². The van der Waals surface area contributed by atoms with Gasteiger partial charge in [-0.2, -0.15) is 5.26 Å². The van der Waals surface area contributed by atoms with E-state index in [1.54, 1.807) is 4.40 Å². The third-order valence-electron chi connectivity index (χ3n) is 5.98. The summed E-state index contributed by atoms with van der Waals surface area (Å²) in [5, 5.41) is 14.0. The number of nitriles is 1. The Kier molecular flexibility index (Phi) is 3.30. The van der Waals surface area contributed by atoms with Crippen LogP contribution in [0.5, 0.6) is 0 Å². The maximum absolute atomic E-state index is 13.5. The van der Waals surface area contributed by atoms with Crippen molar-refractivity contribution in [1.82, 2.24) is 9.38 Å². The zero-order valence-corrected chi connectivity index (χ0v) is 16.0. The number of rotatable bonds is 1. The lowest BCUT2D eigenvalue weighted by atomic mass is 9.93. The zero-order chi connectivity index (χ0) is 20.4. The minimum Gasteiger partial charge on any atom is -0.398 e. The number of nitrogens with two attached hydrogens (primary N) is 1. The number of fused-ring (bicyclic) bond motifs is 4. The van der Waals surface area contributed by atoms with E-state index in [1.807, 2.05) is 66.7 Å². The van der Waals surface area contributed by atoms with Crippen LogP contribution in [0, 0.1) is 17.2 Å². The quantitative estimate of drug-likeness (QED) is 0.448. The predicted molar refractivity (Wildman–Crippen MR) is 119 cm³/mol. The average Bonchev–Trinajstić information content (AvgIpc) is 3.17. The van der Waals surface area contributed by atoms with Crippen molar-refractivity contribution < 1.29 is 0 Å². The Morgan fingerprint density at radius 2 is 1.83 bits per heavy atom. The number of hydrogen-bond donors (Lipinski definition) is 1. The molecule has 0 saturated heterocycles. The molecule has 2 heterocycles. The summed E-state index contributed by atoms with van der Waals surface area (Å²) in [7, 11) is 0. The summed E-state index contributed by atoms with van der Waals surface area (Å²) in [5.74, 6) is -0.251. The van der Waals surface area contributed by atoms with E-state index in [0.29, 0.717) is 28.5 Å². The fourth-order valence-corrected chi connectivity index (χ4v) is 4.60. The third-order valence-corrected chi connectivity index (χ3v) is 5.98. The minimum absolute atomic E-state index is 0.135. The van der Waals surface area contributed by atoms with Crippen molar-refractivity contribution in [3.63, 3.8) is 0 Å². The number of pyridine rings is 1. The van der Waals surface area contributed by atoms with Gasteiger partial charge in [-0.15, -0.1) is 0 Å². The maximum Gasteiger partial charge on any atom is 0.264 e. The van der Waals surface area contributed by atoms with Crippen molar-refractivity contribution in [3.8, 4) is 17.2 Å². The van der Waals surface area contributed by atoms with Gasteiger partial charge >= 0.3 is 0 Å². The zero-order valence-electron chi connectivity index (χ0n) is 16.0. The van der Waals surface area contributed by atoms with Gasteiger partial charge in [0.1, 0.15) is 5.65 Å². The Morgan fingerprint density at radius 3 is 2.63 bits per heavy atom. The largest absolute Gasteiger partial charge is 0.398 e. The number of nitrogens with zero attached hydrogens (tertiary/aromatic N) is 3. The van der Waals surface area contributed by atoms with Crippen LogP contribution in [0.3, 0.4) is 0 Å². The number of aromatic nitrogens is 2. The van der Waals surface area contributed by atoms with E-state index in [1.165, 1.54) is 0 Å². The van der Waals surface area contributed by atoms with Crippen molar-refractivity contribution in [3.05, 3.63) is 75.6 Å². The summed E-state index contributed by atoms with van der Waals surface area (Å²) in [5.41, 5.74) is 9.58. The van der Waals surface area contributed by atoms with E-state index in [9.17, 15) is 10.1 Å². The smallest absolute Gasteiger partial charge is 0.264 e. The number of nitrogen functional groups attached to an aromatic ring is 1. The van der Waals surface area contributed by atoms with E-state index in [4.69, 9.17) is 10.7 Å². The lowest BCUT2D eigenvalue weighted by molar-refractivity contribution is 0.891. The Hall–Kier alpha value is -4.17. The standard InChI is InChI=1S/C25H16N4O/c26-13-14-6-11-20-21(12-14)29-24(28-20)17-9-10-19(27)23-16(15-4-2-1-3-5-15)7-8-18(22(17)23)25(29)30/h1-5,7-12,14H,6,27H2. The first kappa shape index (κ1) is 16.8. The topological polar surface area (TPSA) is 84.2 Å². The summed E-state index contributed by atoms with van der Waals surface area (Å²) in [6.45, 7) is 0. The Balaban J connectivity index is 1.86. The van der Waals surface area contributed by atoms with Crippen molar-refractivity contribution >= 4 is 45.0 Å². The molecule has 5 heteroatoms. The molecule has 1 atom stereocenters. The van der Waals surface area contributed by atoms with Crippen LogP contribution < -0.4 is 22.0 Å². The monoisotopic (exact) mass is 388 g/mol. The second-order valence-electron chi connectivity index (χ2n) is 7.67. The number of anilines is 1. The van der Waals surface area contributed by atoms with Crippen LogP contribution >= 0.6 is 0 Å². The molecule has 0 amide bonds. The van der Waals surface area contributed by atoms with Gasteiger partial charge < -0.3 is 5.73 Å². The Bertz CT molecular complexity index is 1710. The highest BCUT2D eigenvalue weighted by Gasteiger charge is 2.20. The molecule has 30 heavy (non-hydrogen) atoms. The van der Waals surface area contributed by atoms with Gasteiger partial charge in [-0.25, -0.2) is 4.98 Å². The Morgan fingerprint density at radius 1 is 1.03 bits per heavy atom. The lowest BCUT2D eigenvalue weighted by Gasteiger charge is -2.14. The highest BCUT2D eigenvalue weighted by atomic mass is 16.1. The van der Waals surface area contributed by atoms with E-state index in [2.05, 4.69) is 6.07 Å². The molecule has 0 spiro atoms. The molecule has 0 fully saturated rings. The fraction of sp³-hybridized carbons (Fsp3) is 0.0800. The van der Waals surface area contributed by atoms with Gasteiger partial charge in [-0.3, -0.25) is 9.20 Å². The summed E-state index contributed by atoms with van der Waals surface area (Å²) < 4.78 is 1.64. The number of benzene rings is 3. The highest BCUT2D eigenvalue weighted by molar-refractivity contribution is 6.21. The number of imidazole rings is 1. The molecule has 5 nitrogen and oxygen atoms in total. The molecule has 1 unspecified atom stereocenters. The van der Waals surface area contributed by atoms with Crippen LogP contribution in [-0.2, 0) is 0 Å². The number of hydrogen-bond acceptors (Lipinski definition) is 4. The first-order valence-electron chi connectivity index (χ1n) is 9.83. The van der Waals surface area contributed by atoms with E-state index >= 15 is 0 Å². The molecular formula is C25H16N4O. The molecule has 6 rings (SSSR count). The molecule has 1 aliphatic rings. The molecule has 3 aromatic carbocycles. The molecule has 0 bridgehead atoms. The van der Waals surface area contributed by atoms with Crippen molar-refractivity contribution in [2.75, 3.05) is 5.73 Å². The van der Waals surface area contributed by atoms with Crippen LogP contribution in [-0.4, -0.2) is 9.38 Å². The first-order valence-corrected chi connectivity index (χ1v) is 9.83. The van der Waals surface area contributed by atoms with Gasteiger partial charge in [0.2, 0.25) is 0 Å². The van der Waals surface area contributed by atoms with Gasteiger partial charge in [0.15, 0.2) is 0 Å². The second kappa shape index (κ2) is 5.91. The van der Waals surface area contributed by atoms with Crippen LogP contribution in [0.2, 0.25) is 0 Å². The summed E-state index contributed by atoms with van der Waals surface area (Å²) in [4.78, 5) is 18.3. The molecule has 142 valence electrons. The molecular weight excluding hydrogens is 372 g/mol. The summed E-state index contributed by atoms with van der Waals surface area (Å²) in [6.07, 6.45) is 4.40. The van der Waals surface area contributed by atoms with E-state index < -0.39 is 0 Å². The van der Waals surface area contributed by atoms with Crippen molar-refractivity contribution in [2.24, 2.45) is 5.92 Å². The predicted octanol–water partition coefficient (Wildman–Crippen LogP) is 2.79. The molecule has 2 N–H and O–H groups in total. The summed E-state index contributed by atoms with van der Waals surface area (Å²) >= 11 is 0. The molecule has 1 aliphatic carbocycles. The van der Waals surface area contributed by atoms with Crippen LogP contribution in [0.4, 0.5) is 5.69 Å². The fourth-order valence-electron chi connectivity index (χ4n) is 4.60. The average molecular weight is 388 g/mol. The van der Waals surface area contributed by atoms with Crippen LogP contribution in [0.25, 0.3) is 50.5 Å². The second-order valence-corrected chi connectivity index (χ2v) is 7.67. The third kappa shape index (κ3) is 2.10.